The number of benzene rings is 1. The van der Waals surface area contributed by atoms with Gasteiger partial charge in [-0.15, -0.1) is 0 Å². The second-order valence-electron chi connectivity index (χ2n) is 4.61. The maximum Gasteiger partial charge on any atom is 0.122 e. The third-order valence-corrected chi connectivity index (χ3v) is 3.56. The van der Waals surface area contributed by atoms with Crippen molar-refractivity contribution >= 4 is 0 Å². The zero-order valence-electron chi connectivity index (χ0n) is 12.1. The molecule has 0 aliphatic carbocycles. The lowest BCUT2D eigenvalue weighted by Crippen LogP contribution is -2.19. The van der Waals surface area contributed by atoms with Crippen LogP contribution in [0.4, 0.5) is 0 Å². The molecule has 1 aromatic rings. The number of nitrogens with zero attached hydrogens (tertiary/aromatic N) is 1. The van der Waals surface area contributed by atoms with Gasteiger partial charge < -0.3 is 9.47 Å². The van der Waals surface area contributed by atoms with Gasteiger partial charge in [0.2, 0.25) is 0 Å². The van der Waals surface area contributed by atoms with Crippen molar-refractivity contribution in [3.8, 4) is 17.6 Å². The van der Waals surface area contributed by atoms with Gasteiger partial charge in [0.05, 0.1) is 24.7 Å². The van der Waals surface area contributed by atoms with Crippen molar-refractivity contribution in [3.63, 3.8) is 0 Å². The van der Waals surface area contributed by atoms with Gasteiger partial charge >= 0.3 is 0 Å². The van der Waals surface area contributed by atoms with Crippen molar-refractivity contribution in [1.82, 2.24) is 0 Å². The molecule has 0 unspecified atom stereocenters. The predicted octanol–water partition coefficient (Wildman–Crippen LogP) is 4.18. The number of nitriles is 1. The molecule has 0 bridgehead atoms. The maximum absolute atomic E-state index is 9.26. The van der Waals surface area contributed by atoms with Crippen molar-refractivity contribution in [2.45, 2.75) is 40.0 Å². The summed E-state index contributed by atoms with van der Waals surface area (Å²) in [6.07, 6.45) is 2.49. The highest BCUT2D eigenvalue weighted by Crippen LogP contribution is 2.30. The average Bonchev–Trinajstić information content (AvgIpc) is 2.45. The largest absolute Gasteiger partial charge is 0.494 e. The first kappa shape index (κ1) is 15.4. The third-order valence-electron chi connectivity index (χ3n) is 3.56. The standard InChI is InChI=1S/C16H23NO2/c1-4-16(5-2,13-17)10-11-19-15-9-7-8-14(12-15)18-6-3/h7-9,12H,4-6,10-11H2,1-3H3. The molecule has 1 aromatic carbocycles. The zero-order valence-corrected chi connectivity index (χ0v) is 12.1. The van der Waals surface area contributed by atoms with E-state index in [-0.39, 0.29) is 5.41 Å². The summed E-state index contributed by atoms with van der Waals surface area (Å²) < 4.78 is 11.1. The Morgan fingerprint density at radius 3 is 2.26 bits per heavy atom. The van der Waals surface area contributed by atoms with Crippen LogP contribution in [-0.4, -0.2) is 13.2 Å². The van der Waals surface area contributed by atoms with Crippen LogP contribution in [0.2, 0.25) is 0 Å². The first-order valence-electron chi connectivity index (χ1n) is 6.96. The molecule has 0 saturated heterocycles. The number of ether oxygens (including phenoxy) is 2. The van der Waals surface area contributed by atoms with Crippen molar-refractivity contribution in [1.29, 1.82) is 5.26 Å². The van der Waals surface area contributed by atoms with Crippen LogP contribution in [0.15, 0.2) is 24.3 Å². The van der Waals surface area contributed by atoms with Crippen LogP contribution < -0.4 is 9.47 Å². The average molecular weight is 261 g/mol. The summed E-state index contributed by atoms with van der Waals surface area (Å²) in [4.78, 5) is 0. The summed E-state index contributed by atoms with van der Waals surface area (Å²) in [6.45, 7) is 7.28. The molecule has 0 radical (unpaired) electrons. The molecule has 0 atom stereocenters. The summed E-state index contributed by atoms with van der Waals surface area (Å²) in [6, 6.07) is 10.0. The molecule has 0 aromatic heterocycles. The quantitative estimate of drug-likeness (QED) is 0.704. The van der Waals surface area contributed by atoms with Gasteiger partial charge in [-0.05, 0) is 31.9 Å². The van der Waals surface area contributed by atoms with Gasteiger partial charge in [0.15, 0.2) is 0 Å². The van der Waals surface area contributed by atoms with E-state index >= 15 is 0 Å². The highest BCUT2D eigenvalue weighted by Gasteiger charge is 2.25. The molecule has 19 heavy (non-hydrogen) atoms. The summed E-state index contributed by atoms with van der Waals surface area (Å²) >= 11 is 0. The van der Waals surface area contributed by atoms with E-state index in [2.05, 4.69) is 19.9 Å². The monoisotopic (exact) mass is 261 g/mol. The molecule has 3 heteroatoms. The highest BCUT2D eigenvalue weighted by atomic mass is 16.5. The van der Waals surface area contributed by atoms with E-state index in [0.29, 0.717) is 13.2 Å². The van der Waals surface area contributed by atoms with Crippen LogP contribution >= 0.6 is 0 Å². The van der Waals surface area contributed by atoms with Crippen LogP contribution in [0.3, 0.4) is 0 Å². The van der Waals surface area contributed by atoms with Crippen LogP contribution in [0.5, 0.6) is 11.5 Å². The normalized spacial score (nSPS) is 10.8. The molecule has 0 spiro atoms. The van der Waals surface area contributed by atoms with Gasteiger partial charge in [-0.25, -0.2) is 0 Å². The number of rotatable bonds is 8. The SMILES string of the molecule is CCOc1cccc(OCCC(C#N)(CC)CC)c1. The van der Waals surface area contributed by atoms with E-state index in [0.717, 1.165) is 30.8 Å². The Hall–Kier alpha value is -1.69. The van der Waals surface area contributed by atoms with Crippen molar-refractivity contribution in [2.75, 3.05) is 13.2 Å². The Kier molecular flexibility index (Phi) is 6.21. The van der Waals surface area contributed by atoms with Crippen LogP contribution in [-0.2, 0) is 0 Å². The van der Waals surface area contributed by atoms with E-state index in [9.17, 15) is 5.26 Å². The second kappa shape index (κ2) is 7.68. The molecule has 104 valence electrons. The van der Waals surface area contributed by atoms with E-state index in [1.807, 2.05) is 31.2 Å². The first-order valence-corrected chi connectivity index (χ1v) is 6.96. The van der Waals surface area contributed by atoms with E-state index in [1.165, 1.54) is 0 Å². The number of hydrogen-bond acceptors (Lipinski definition) is 3. The van der Waals surface area contributed by atoms with E-state index in [1.54, 1.807) is 0 Å². The minimum Gasteiger partial charge on any atom is -0.494 e. The fraction of sp³-hybridized carbons (Fsp3) is 0.562. The highest BCUT2D eigenvalue weighted by molar-refractivity contribution is 5.32. The van der Waals surface area contributed by atoms with Gasteiger partial charge in [0.25, 0.3) is 0 Å². The second-order valence-corrected chi connectivity index (χ2v) is 4.61. The Labute approximate surface area is 116 Å². The minimum absolute atomic E-state index is 0.252. The molecule has 0 fully saturated rings. The molecule has 0 N–H and O–H groups in total. The minimum atomic E-state index is -0.252. The molecule has 0 saturated carbocycles. The fourth-order valence-electron chi connectivity index (χ4n) is 2.00. The summed E-state index contributed by atoms with van der Waals surface area (Å²) in [5.74, 6) is 1.61. The van der Waals surface area contributed by atoms with Crippen molar-refractivity contribution in [2.24, 2.45) is 5.41 Å². The Bertz CT molecular complexity index is 419. The smallest absolute Gasteiger partial charge is 0.122 e. The van der Waals surface area contributed by atoms with Gasteiger partial charge in [0, 0.05) is 12.5 Å². The van der Waals surface area contributed by atoms with Gasteiger partial charge in [0.1, 0.15) is 11.5 Å². The molecule has 0 heterocycles. The molecular weight excluding hydrogens is 238 g/mol. The molecule has 0 aliphatic rings. The lowest BCUT2D eigenvalue weighted by Gasteiger charge is -2.23. The third kappa shape index (κ3) is 4.48. The van der Waals surface area contributed by atoms with Gasteiger partial charge in [-0.2, -0.15) is 5.26 Å². The van der Waals surface area contributed by atoms with E-state index in [4.69, 9.17) is 9.47 Å². The first-order chi connectivity index (χ1) is 9.19. The lowest BCUT2D eigenvalue weighted by molar-refractivity contribution is 0.230. The Morgan fingerprint density at radius 2 is 1.74 bits per heavy atom. The van der Waals surface area contributed by atoms with Gasteiger partial charge in [-0.3, -0.25) is 0 Å². The fourth-order valence-corrected chi connectivity index (χ4v) is 2.00. The van der Waals surface area contributed by atoms with Crippen LogP contribution in [0.1, 0.15) is 40.0 Å². The Morgan fingerprint density at radius 1 is 1.11 bits per heavy atom. The lowest BCUT2D eigenvalue weighted by atomic mass is 9.81. The summed E-state index contributed by atoms with van der Waals surface area (Å²) in [5, 5.41) is 9.26. The molecule has 0 aliphatic heterocycles. The molecule has 3 nitrogen and oxygen atoms in total. The van der Waals surface area contributed by atoms with Crippen LogP contribution in [0, 0.1) is 16.7 Å². The van der Waals surface area contributed by atoms with E-state index < -0.39 is 0 Å². The van der Waals surface area contributed by atoms with Crippen LogP contribution in [0.25, 0.3) is 0 Å². The summed E-state index contributed by atoms with van der Waals surface area (Å²) in [5.41, 5.74) is -0.252. The van der Waals surface area contributed by atoms with Gasteiger partial charge in [-0.1, -0.05) is 19.9 Å². The molecule has 0 amide bonds. The topological polar surface area (TPSA) is 42.2 Å². The zero-order chi connectivity index (χ0) is 14.1. The van der Waals surface area contributed by atoms with Crippen molar-refractivity contribution < 1.29 is 9.47 Å². The Balaban J connectivity index is 2.53. The van der Waals surface area contributed by atoms with Crippen molar-refractivity contribution in [3.05, 3.63) is 24.3 Å². The molecule has 1 rings (SSSR count). The maximum atomic E-state index is 9.26. The summed E-state index contributed by atoms with van der Waals surface area (Å²) in [7, 11) is 0. The molecular formula is C16H23NO2. The number of hydrogen-bond donors (Lipinski definition) is 0. The predicted molar refractivity (Wildman–Crippen MR) is 76.4 cm³/mol.